The number of rotatable bonds is 2. The monoisotopic (exact) mass is 267 g/mol. The topological polar surface area (TPSA) is 35.2 Å². The maximum Gasteiger partial charge on any atom is 0.455 e. The van der Waals surface area contributed by atoms with Crippen molar-refractivity contribution in [2.24, 2.45) is 5.73 Å². The van der Waals surface area contributed by atoms with E-state index in [1.165, 1.54) is 12.1 Å². The Kier molecular flexibility index (Phi) is 2.96. The number of alkyl halides is 5. The second-order valence-electron chi connectivity index (χ2n) is 4.06. The van der Waals surface area contributed by atoms with Crippen molar-refractivity contribution >= 4 is 0 Å². The molecule has 1 aliphatic rings. The first kappa shape index (κ1) is 13.1. The normalized spacial score (nSPS) is 17.2. The Labute approximate surface area is 99.5 Å². The van der Waals surface area contributed by atoms with Crippen LogP contribution in [0.3, 0.4) is 0 Å². The molecule has 0 radical (unpaired) electrons. The number of benzene rings is 1. The van der Waals surface area contributed by atoms with E-state index in [0.717, 1.165) is 6.07 Å². The summed E-state index contributed by atoms with van der Waals surface area (Å²) in [6.45, 7) is 0.393. The number of hydrogen-bond acceptors (Lipinski definition) is 2. The molecule has 2 nitrogen and oxygen atoms in total. The molecule has 0 fully saturated rings. The van der Waals surface area contributed by atoms with Gasteiger partial charge in [0.1, 0.15) is 11.8 Å². The second-order valence-corrected chi connectivity index (χ2v) is 4.06. The van der Waals surface area contributed by atoms with Crippen LogP contribution in [0, 0.1) is 0 Å². The predicted octanol–water partition coefficient (Wildman–Crippen LogP) is 2.82. The van der Waals surface area contributed by atoms with Crippen LogP contribution in [0.25, 0.3) is 0 Å². The molecule has 0 bridgehead atoms. The van der Waals surface area contributed by atoms with Crippen LogP contribution in [0.4, 0.5) is 22.0 Å². The highest BCUT2D eigenvalue weighted by atomic mass is 19.4. The smallest absolute Gasteiger partial charge is 0.455 e. The minimum absolute atomic E-state index is 0.249. The third kappa shape index (κ3) is 2.03. The Balaban J connectivity index is 2.32. The third-order valence-corrected chi connectivity index (χ3v) is 2.84. The number of fused-ring (bicyclic) bond motifs is 1. The van der Waals surface area contributed by atoms with Gasteiger partial charge in [0.05, 0.1) is 6.61 Å². The van der Waals surface area contributed by atoms with Crippen molar-refractivity contribution in [3.63, 3.8) is 0 Å². The van der Waals surface area contributed by atoms with Crippen molar-refractivity contribution in [2.45, 2.75) is 24.6 Å². The van der Waals surface area contributed by atoms with Gasteiger partial charge in [-0.1, -0.05) is 12.1 Å². The van der Waals surface area contributed by atoms with E-state index in [0.29, 0.717) is 24.3 Å². The van der Waals surface area contributed by atoms with E-state index >= 15 is 0 Å². The lowest BCUT2D eigenvalue weighted by molar-refractivity contribution is -0.291. The van der Waals surface area contributed by atoms with Crippen LogP contribution in [-0.2, 0) is 6.42 Å². The molecular formula is C11H10F5NO. The van der Waals surface area contributed by atoms with E-state index in [1.54, 1.807) is 0 Å². The summed E-state index contributed by atoms with van der Waals surface area (Å²) in [6.07, 6.45) is -5.19. The SMILES string of the molecule is N[C@@H](c1ccc2c(c1)CCO2)C(F)(F)C(F)(F)F. The Bertz CT molecular complexity index is 457. The van der Waals surface area contributed by atoms with E-state index in [4.69, 9.17) is 10.5 Å². The summed E-state index contributed by atoms with van der Waals surface area (Å²) in [5, 5.41) is 0. The van der Waals surface area contributed by atoms with E-state index in [9.17, 15) is 22.0 Å². The van der Waals surface area contributed by atoms with Crippen LogP contribution >= 0.6 is 0 Å². The highest BCUT2D eigenvalue weighted by molar-refractivity contribution is 5.41. The Morgan fingerprint density at radius 3 is 2.44 bits per heavy atom. The van der Waals surface area contributed by atoms with Crippen LogP contribution in [0.1, 0.15) is 17.2 Å². The largest absolute Gasteiger partial charge is 0.493 e. The minimum Gasteiger partial charge on any atom is -0.493 e. The predicted molar refractivity (Wildman–Crippen MR) is 53.6 cm³/mol. The van der Waals surface area contributed by atoms with Gasteiger partial charge in [-0.2, -0.15) is 22.0 Å². The lowest BCUT2D eigenvalue weighted by Gasteiger charge is -2.26. The fourth-order valence-electron chi connectivity index (χ4n) is 1.79. The molecule has 0 saturated carbocycles. The zero-order chi connectivity index (χ0) is 13.6. The standard InChI is InChI=1S/C11H10F5NO/c12-10(13,11(14,15)16)9(17)7-1-2-8-6(5-7)3-4-18-8/h1-2,5,9H,3-4,17H2/t9-/m0/s1. The summed E-state index contributed by atoms with van der Waals surface area (Å²) in [7, 11) is 0. The van der Waals surface area contributed by atoms with Gasteiger partial charge in [0, 0.05) is 6.42 Å². The minimum atomic E-state index is -5.66. The highest BCUT2D eigenvalue weighted by Gasteiger charge is 2.61. The molecule has 18 heavy (non-hydrogen) atoms. The quantitative estimate of drug-likeness (QED) is 0.836. The maximum atomic E-state index is 13.1. The van der Waals surface area contributed by atoms with Gasteiger partial charge in [0.15, 0.2) is 0 Å². The lowest BCUT2D eigenvalue weighted by atomic mass is 9.98. The van der Waals surface area contributed by atoms with Gasteiger partial charge in [0.2, 0.25) is 0 Å². The average molecular weight is 267 g/mol. The van der Waals surface area contributed by atoms with Crippen LogP contribution < -0.4 is 10.5 Å². The fraction of sp³-hybridized carbons (Fsp3) is 0.455. The van der Waals surface area contributed by atoms with Crippen molar-refractivity contribution in [3.05, 3.63) is 29.3 Å². The molecule has 0 spiro atoms. The first-order valence-electron chi connectivity index (χ1n) is 5.19. The molecule has 1 atom stereocenters. The third-order valence-electron chi connectivity index (χ3n) is 2.84. The summed E-state index contributed by atoms with van der Waals surface area (Å²) in [6, 6.07) is 1.33. The van der Waals surface area contributed by atoms with Crippen LogP contribution in [-0.4, -0.2) is 18.7 Å². The number of ether oxygens (including phenoxy) is 1. The van der Waals surface area contributed by atoms with Crippen LogP contribution in [0.15, 0.2) is 18.2 Å². The zero-order valence-corrected chi connectivity index (χ0v) is 9.10. The molecule has 0 unspecified atom stereocenters. The Morgan fingerprint density at radius 1 is 1.17 bits per heavy atom. The highest BCUT2D eigenvalue weighted by Crippen LogP contribution is 2.44. The van der Waals surface area contributed by atoms with Gasteiger partial charge in [-0.05, 0) is 17.2 Å². The molecule has 0 amide bonds. The zero-order valence-electron chi connectivity index (χ0n) is 9.10. The number of nitrogens with two attached hydrogens (primary N) is 1. The molecule has 1 heterocycles. The molecule has 0 aromatic heterocycles. The van der Waals surface area contributed by atoms with E-state index in [-0.39, 0.29) is 5.56 Å². The molecule has 2 N–H and O–H groups in total. The van der Waals surface area contributed by atoms with Gasteiger partial charge in [0.25, 0.3) is 0 Å². The van der Waals surface area contributed by atoms with E-state index < -0.39 is 18.1 Å². The summed E-state index contributed by atoms with van der Waals surface area (Å²) >= 11 is 0. The van der Waals surface area contributed by atoms with Crippen molar-refractivity contribution in [1.82, 2.24) is 0 Å². The van der Waals surface area contributed by atoms with Crippen LogP contribution in [0.2, 0.25) is 0 Å². The van der Waals surface area contributed by atoms with Gasteiger partial charge in [-0.3, -0.25) is 0 Å². The average Bonchev–Trinajstić information content (AvgIpc) is 2.73. The summed E-state index contributed by atoms with van der Waals surface area (Å²) < 4.78 is 67.9. The van der Waals surface area contributed by atoms with Gasteiger partial charge in [-0.25, -0.2) is 0 Å². The van der Waals surface area contributed by atoms with Gasteiger partial charge >= 0.3 is 12.1 Å². The van der Waals surface area contributed by atoms with Crippen molar-refractivity contribution in [1.29, 1.82) is 0 Å². The molecule has 0 saturated heterocycles. The van der Waals surface area contributed by atoms with Crippen molar-refractivity contribution in [2.75, 3.05) is 6.61 Å². The van der Waals surface area contributed by atoms with Crippen LogP contribution in [0.5, 0.6) is 5.75 Å². The molecular weight excluding hydrogens is 257 g/mol. The lowest BCUT2D eigenvalue weighted by Crippen LogP contribution is -2.45. The molecule has 7 heteroatoms. The maximum absolute atomic E-state index is 13.1. The summed E-state index contributed by atoms with van der Waals surface area (Å²) in [5.41, 5.74) is 5.39. The molecule has 100 valence electrons. The molecule has 1 aliphatic heterocycles. The molecule has 0 aliphatic carbocycles. The van der Waals surface area contributed by atoms with Gasteiger partial charge < -0.3 is 10.5 Å². The van der Waals surface area contributed by atoms with Gasteiger partial charge in [-0.15, -0.1) is 0 Å². The first-order valence-corrected chi connectivity index (χ1v) is 5.19. The Morgan fingerprint density at radius 2 is 1.83 bits per heavy atom. The summed E-state index contributed by atoms with van der Waals surface area (Å²) in [4.78, 5) is 0. The fourth-order valence-corrected chi connectivity index (χ4v) is 1.79. The Hall–Kier alpha value is -1.37. The molecule has 1 aromatic rings. The van der Waals surface area contributed by atoms with Crippen molar-refractivity contribution < 1.29 is 26.7 Å². The second kappa shape index (κ2) is 4.08. The molecule has 2 rings (SSSR count). The van der Waals surface area contributed by atoms with Crippen molar-refractivity contribution in [3.8, 4) is 5.75 Å². The van der Waals surface area contributed by atoms with E-state index in [2.05, 4.69) is 0 Å². The number of halogens is 5. The van der Waals surface area contributed by atoms with E-state index in [1.807, 2.05) is 0 Å². The summed E-state index contributed by atoms with van der Waals surface area (Å²) in [5.74, 6) is -4.46. The number of hydrogen-bond donors (Lipinski definition) is 1. The first-order chi connectivity index (χ1) is 8.23. The molecule has 1 aromatic carbocycles.